The lowest BCUT2D eigenvalue weighted by Crippen LogP contribution is -2.34. The summed E-state index contributed by atoms with van der Waals surface area (Å²) in [4.78, 5) is 13.2. The molecule has 0 spiro atoms. The van der Waals surface area contributed by atoms with E-state index >= 15 is 0 Å². The number of rotatable bonds is 5. The summed E-state index contributed by atoms with van der Waals surface area (Å²) in [6, 6.07) is 5.59. The van der Waals surface area contributed by atoms with Gasteiger partial charge in [0.15, 0.2) is 5.82 Å². The van der Waals surface area contributed by atoms with Gasteiger partial charge >= 0.3 is 0 Å². The minimum atomic E-state index is -1.13. The second kappa shape index (κ2) is 7.05. The van der Waals surface area contributed by atoms with E-state index in [4.69, 9.17) is 16.3 Å². The maximum Gasteiger partial charge on any atom is 0.259 e. The SMILES string of the molecule is N#CCCN(CCC#N)C(=O)c1c(F)ccc(N)c1F. The predicted molar refractivity (Wildman–Crippen MR) is 67.1 cm³/mol. The van der Waals surface area contributed by atoms with Gasteiger partial charge in [0.2, 0.25) is 0 Å². The molecule has 2 N–H and O–H groups in total. The Kier molecular flexibility index (Phi) is 5.42. The number of carbonyl (C=O) groups excluding carboxylic acids is 1. The molecule has 1 amide bonds. The lowest BCUT2D eigenvalue weighted by molar-refractivity contribution is 0.0753. The average Bonchev–Trinajstić information content (AvgIpc) is 2.43. The van der Waals surface area contributed by atoms with Crippen LogP contribution in [0.3, 0.4) is 0 Å². The average molecular weight is 278 g/mol. The first-order chi connectivity index (χ1) is 9.52. The number of halogens is 2. The van der Waals surface area contributed by atoms with Crippen molar-refractivity contribution in [3.8, 4) is 12.1 Å². The molecule has 1 aromatic rings. The van der Waals surface area contributed by atoms with E-state index in [2.05, 4.69) is 0 Å². The smallest absolute Gasteiger partial charge is 0.259 e. The number of nitrogens with zero attached hydrogens (tertiary/aromatic N) is 3. The van der Waals surface area contributed by atoms with Crippen LogP contribution < -0.4 is 5.73 Å². The number of carbonyl (C=O) groups is 1. The van der Waals surface area contributed by atoms with Crippen molar-refractivity contribution < 1.29 is 13.6 Å². The molecular weight excluding hydrogens is 266 g/mol. The molecule has 1 rings (SSSR count). The number of anilines is 1. The van der Waals surface area contributed by atoms with Crippen LogP contribution in [0.15, 0.2) is 12.1 Å². The lowest BCUT2D eigenvalue weighted by atomic mass is 10.1. The molecule has 0 aliphatic rings. The molecule has 0 atom stereocenters. The first-order valence-electron chi connectivity index (χ1n) is 5.79. The zero-order valence-electron chi connectivity index (χ0n) is 10.6. The Labute approximate surface area is 114 Å². The second-order valence-electron chi connectivity index (χ2n) is 3.93. The van der Waals surface area contributed by atoms with Gasteiger partial charge in [0.25, 0.3) is 5.91 Å². The van der Waals surface area contributed by atoms with Crippen LogP contribution in [0.5, 0.6) is 0 Å². The fraction of sp³-hybridized carbons (Fsp3) is 0.308. The lowest BCUT2D eigenvalue weighted by Gasteiger charge is -2.21. The molecule has 0 aliphatic carbocycles. The molecule has 20 heavy (non-hydrogen) atoms. The molecule has 0 heterocycles. The van der Waals surface area contributed by atoms with E-state index in [1.54, 1.807) is 0 Å². The number of nitrogen functional groups attached to an aromatic ring is 1. The van der Waals surface area contributed by atoms with Crippen LogP contribution in [-0.2, 0) is 0 Å². The van der Waals surface area contributed by atoms with Crippen LogP contribution in [0.25, 0.3) is 0 Å². The second-order valence-corrected chi connectivity index (χ2v) is 3.93. The highest BCUT2D eigenvalue weighted by Gasteiger charge is 2.24. The van der Waals surface area contributed by atoms with Crippen molar-refractivity contribution >= 4 is 11.6 Å². The zero-order valence-corrected chi connectivity index (χ0v) is 10.6. The van der Waals surface area contributed by atoms with Gasteiger partial charge in [0, 0.05) is 13.1 Å². The van der Waals surface area contributed by atoms with Gasteiger partial charge in [-0.05, 0) is 12.1 Å². The van der Waals surface area contributed by atoms with Crippen LogP contribution in [0, 0.1) is 34.3 Å². The highest BCUT2D eigenvalue weighted by molar-refractivity contribution is 5.95. The standard InChI is InChI=1S/C13H12F2N4O/c14-9-3-4-10(18)12(15)11(9)13(20)19(7-1-5-16)8-2-6-17/h3-4H,1-2,7-8,18H2. The summed E-state index contributed by atoms with van der Waals surface area (Å²) in [7, 11) is 0. The minimum Gasteiger partial charge on any atom is -0.396 e. The highest BCUT2D eigenvalue weighted by Crippen LogP contribution is 2.20. The normalized spacial score (nSPS) is 9.60. The maximum absolute atomic E-state index is 13.8. The molecule has 0 saturated heterocycles. The Hall–Kier alpha value is -2.67. The fourth-order valence-electron chi connectivity index (χ4n) is 1.61. The Bertz CT molecular complexity index is 571. The van der Waals surface area contributed by atoms with E-state index in [-0.39, 0.29) is 31.6 Å². The fourth-order valence-corrected chi connectivity index (χ4v) is 1.61. The van der Waals surface area contributed by atoms with Crippen molar-refractivity contribution in [1.82, 2.24) is 4.90 Å². The Balaban J connectivity index is 3.09. The van der Waals surface area contributed by atoms with Crippen LogP contribution in [0.4, 0.5) is 14.5 Å². The molecule has 0 radical (unpaired) electrons. The molecule has 5 nitrogen and oxygen atoms in total. The summed E-state index contributed by atoms with van der Waals surface area (Å²) in [5.41, 5.74) is 4.21. The van der Waals surface area contributed by atoms with E-state index in [1.807, 2.05) is 12.1 Å². The summed E-state index contributed by atoms with van der Waals surface area (Å²) in [6.07, 6.45) is 0.00540. The molecule has 0 fully saturated rings. The Morgan fingerprint density at radius 1 is 1.20 bits per heavy atom. The van der Waals surface area contributed by atoms with Gasteiger partial charge in [-0.3, -0.25) is 4.79 Å². The van der Waals surface area contributed by atoms with E-state index in [0.29, 0.717) is 0 Å². The van der Waals surface area contributed by atoms with E-state index in [9.17, 15) is 13.6 Å². The van der Waals surface area contributed by atoms with Crippen molar-refractivity contribution in [3.05, 3.63) is 29.3 Å². The molecule has 0 aromatic heterocycles. The van der Waals surface area contributed by atoms with Crippen LogP contribution >= 0.6 is 0 Å². The summed E-state index contributed by atoms with van der Waals surface area (Å²) in [5, 5.41) is 17.1. The number of benzene rings is 1. The van der Waals surface area contributed by atoms with Gasteiger partial charge in [0.05, 0.1) is 30.7 Å². The van der Waals surface area contributed by atoms with Gasteiger partial charge < -0.3 is 10.6 Å². The molecular formula is C13H12F2N4O. The van der Waals surface area contributed by atoms with Crippen molar-refractivity contribution in [1.29, 1.82) is 10.5 Å². The quantitative estimate of drug-likeness (QED) is 0.831. The van der Waals surface area contributed by atoms with Gasteiger partial charge in [-0.2, -0.15) is 10.5 Å². The van der Waals surface area contributed by atoms with Gasteiger partial charge in [0.1, 0.15) is 11.4 Å². The van der Waals surface area contributed by atoms with Gasteiger partial charge in [-0.1, -0.05) is 0 Å². The molecule has 0 bridgehead atoms. The van der Waals surface area contributed by atoms with Crippen LogP contribution in [0.2, 0.25) is 0 Å². The third-order valence-electron chi connectivity index (χ3n) is 2.61. The predicted octanol–water partition coefficient (Wildman–Crippen LogP) is 1.82. The monoisotopic (exact) mass is 278 g/mol. The highest BCUT2D eigenvalue weighted by atomic mass is 19.1. The molecule has 7 heteroatoms. The number of hydrogen-bond donors (Lipinski definition) is 1. The third kappa shape index (κ3) is 3.42. The molecule has 0 aliphatic heterocycles. The van der Waals surface area contributed by atoms with E-state index in [0.717, 1.165) is 17.0 Å². The van der Waals surface area contributed by atoms with Crippen molar-refractivity contribution in [3.63, 3.8) is 0 Å². The number of nitrogens with two attached hydrogens (primary N) is 1. The first-order valence-corrected chi connectivity index (χ1v) is 5.79. The summed E-state index contributed by atoms with van der Waals surface area (Å²) < 4.78 is 27.4. The van der Waals surface area contributed by atoms with Gasteiger partial charge in [-0.15, -0.1) is 0 Å². The van der Waals surface area contributed by atoms with E-state index in [1.165, 1.54) is 0 Å². The van der Waals surface area contributed by atoms with Crippen molar-refractivity contribution in [2.75, 3.05) is 18.8 Å². The van der Waals surface area contributed by atoms with Crippen LogP contribution in [-0.4, -0.2) is 23.9 Å². The Morgan fingerprint density at radius 3 is 2.25 bits per heavy atom. The number of amides is 1. The van der Waals surface area contributed by atoms with Crippen molar-refractivity contribution in [2.45, 2.75) is 12.8 Å². The topological polar surface area (TPSA) is 93.9 Å². The summed E-state index contributed by atoms with van der Waals surface area (Å²) in [5.74, 6) is -3.08. The number of nitriles is 2. The molecule has 104 valence electrons. The first kappa shape index (κ1) is 15.4. The van der Waals surface area contributed by atoms with Crippen LogP contribution in [0.1, 0.15) is 23.2 Å². The largest absolute Gasteiger partial charge is 0.396 e. The molecule has 1 aromatic carbocycles. The third-order valence-corrected chi connectivity index (χ3v) is 2.61. The number of hydrogen-bond acceptors (Lipinski definition) is 4. The molecule has 0 unspecified atom stereocenters. The Morgan fingerprint density at radius 2 is 1.75 bits per heavy atom. The maximum atomic E-state index is 13.8. The minimum absolute atomic E-state index is 0.00270. The molecule has 0 saturated carbocycles. The zero-order chi connectivity index (χ0) is 15.1. The van der Waals surface area contributed by atoms with E-state index < -0.39 is 23.1 Å². The summed E-state index contributed by atoms with van der Waals surface area (Å²) in [6.45, 7) is -0.0185. The van der Waals surface area contributed by atoms with Gasteiger partial charge in [-0.25, -0.2) is 8.78 Å². The van der Waals surface area contributed by atoms with Crippen molar-refractivity contribution in [2.24, 2.45) is 0 Å². The summed E-state index contributed by atoms with van der Waals surface area (Å²) >= 11 is 0.